The molecule has 0 rings (SSSR count). The van der Waals surface area contributed by atoms with Crippen molar-refractivity contribution in [2.45, 2.75) is 48.2 Å². The quantitative estimate of drug-likeness (QED) is 0.127. The lowest BCUT2D eigenvalue weighted by Crippen LogP contribution is -2.67. The van der Waals surface area contributed by atoms with E-state index in [1.807, 2.05) is 0 Å². The number of thiol groups is 1. The molecule has 0 aromatic carbocycles. The summed E-state index contributed by atoms with van der Waals surface area (Å²) in [5.74, 6) is -8.92. The summed E-state index contributed by atoms with van der Waals surface area (Å²) < 4.78 is 0. The molecule has 0 radical (unpaired) electrons. The molecule has 0 saturated heterocycles. The van der Waals surface area contributed by atoms with E-state index < -0.39 is 77.9 Å². The van der Waals surface area contributed by atoms with Crippen LogP contribution in [0.3, 0.4) is 0 Å². The van der Waals surface area contributed by atoms with Gasteiger partial charge in [0.1, 0.15) is 12.0 Å². The third kappa shape index (κ3) is 5.66. The second-order valence-electron chi connectivity index (χ2n) is 5.53. The highest BCUT2D eigenvalue weighted by Gasteiger charge is 2.61. The number of hydrogen-bond acceptors (Lipinski definition) is 9. The average molecular weight is 398 g/mol. The largest absolute Gasteiger partial charge is 0.481 e. The van der Waals surface area contributed by atoms with Crippen LogP contribution in [0.1, 0.15) is 25.7 Å². The number of rotatable bonds is 12. The number of carboxylic acid groups (broad SMARTS) is 4. The van der Waals surface area contributed by atoms with Gasteiger partial charge in [0.2, 0.25) is 0 Å². The molecule has 0 aliphatic rings. The highest BCUT2D eigenvalue weighted by molar-refractivity contribution is 7.81. The molecule has 0 aliphatic heterocycles. The van der Waals surface area contributed by atoms with Crippen LogP contribution in [-0.4, -0.2) is 88.0 Å². The lowest BCUT2D eigenvalue weighted by Gasteiger charge is -2.45. The number of Topliss-reactive ketones (excluding diaryl/α,β-unsaturated/α-hetero) is 1. The highest BCUT2D eigenvalue weighted by atomic mass is 32.1. The van der Waals surface area contributed by atoms with Crippen LogP contribution in [0.5, 0.6) is 0 Å². The van der Waals surface area contributed by atoms with Crippen molar-refractivity contribution in [1.29, 1.82) is 0 Å². The van der Waals surface area contributed by atoms with Gasteiger partial charge in [0, 0.05) is 0 Å². The third-order valence-electron chi connectivity index (χ3n) is 3.55. The summed E-state index contributed by atoms with van der Waals surface area (Å²) in [6.07, 6.45) is -7.82. The Morgan fingerprint density at radius 2 is 1.27 bits per heavy atom. The fourth-order valence-corrected chi connectivity index (χ4v) is 2.74. The monoisotopic (exact) mass is 398 g/mol. The molecule has 12 nitrogen and oxygen atoms in total. The van der Waals surface area contributed by atoms with Gasteiger partial charge >= 0.3 is 23.9 Å². The minimum absolute atomic E-state index is 1.09. The van der Waals surface area contributed by atoms with Gasteiger partial charge in [0.25, 0.3) is 0 Å². The van der Waals surface area contributed by atoms with E-state index in [9.17, 15) is 39.3 Å². The Morgan fingerprint density at radius 1 is 0.808 bits per heavy atom. The van der Waals surface area contributed by atoms with Crippen molar-refractivity contribution in [3.05, 3.63) is 0 Å². The van der Waals surface area contributed by atoms with E-state index in [0.29, 0.717) is 0 Å². The molecule has 26 heavy (non-hydrogen) atoms. The molecule has 1 unspecified atom stereocenters. The molecule has 4 atom stereocenters. The molecule has 0 aromatic rings. The molecule has 0 saturated carbocycles. The van der Waals surface area contributed by atoms with Crippen LogP contribution in [0.2, 0.25) is 0 Å². The number of hydrogen-bond donors (Lipinski definition) is 8. The summed E-state index contributed by atoms with van der Waals surface area (Å²) >= 11 is 3.68. The van der Waals surface area contributed by atoms with Crippen LogP contribution < -0.4 is 0 Å². The van der Waals surface area contributed by atoms with E-state index in [1.165, 1.54) is 0 Å². The summed E-state index contributed by atoms with van der Waals surface area (Å²) in [4.78, 5) is 55.6. The minimum Gasteiger partial charge on any atom is -0.481 e. The number of aliphatic carboxylic acids is 4. The van der Waals surface area contributed by atoms with Crippen LogP contribution in [0.25, 0.3) is 0 Å². The first kappa shape index (κ1) is 23.8. The first-order valence-electron chi connectivity index (χ1n) is 6.88. The number of aliphatic hydroxyl groups excluding tert-OH is 1. The van der Waals surface area contributed by atoms with Crippen molar-refractivity contribution in [3.8, 4) is 0 Å². The zero-order chi connectivity index (χ0) is 20.9. The van der Waals surface area contributed by atoms with Crippen molar-refractivity contribution >= 4 is 42.3 Å². The maximum atomic E-state index is 12.1. The van der Waals surface area contributed by atoms with Crippen LogP contribution in [-0.2, 0) is 24.0 Å². The van der Waals surface area contributed by atoms with Crippen LogP contribution in [0, 0.1) is 0 Å². The summed E-state index contributed by atoms with van der Waals surface area (Å²) in [6, 6.07) is 0. The lowest BCUT2D eigenvalue weighted by atomic mass is 9.70. The highest BCUT2D eigenvalue weighted by Crippen LogP contribution is 2.38. The predicted octanol–water partition coefficient (Wildman–Crippen LogP) is -2.42. The van der Waals surface area contributed by atoms with Crippen molar-refractivity contribution in [3.63, 3.8) is 0 Å². The predicted molar refractivity (Wildman–Crippen MR) is 82.7 cm³/mol. The Labute approximate surface area is 151 Å². The topological polar surface area (TPSA) is 227 Å². The lowest BCUT2D eigenvalue weighted by molar-refractivity contribution is -0.194. The summed E-state index contributed by atoms with van der Waals surface area (Å²) in [5, 5.41) is 64.0. The van der Waals surface area contributed by atoms with Gasteiger partial charge in [-0.1, -0.05) is 0 Å². The third-order valence-corrected chi connectivity index (χ3v) is 4.33. The Morgan fingerprint density at radius 3 is 1.62 bits per heavy atom. The van der Waals surface area contributed by atoms with E-state index in [-0.39, 0.29) is 0 Å². The van der Waals surface area contributed by atoms with E-state index in [2.05, 4.69) is 12.6 Å². The zero-order valence-electron chi connectivity index (χ0n) is 13.1. The molecular formula is C13H18O12S. The second kappa shape index (κ2) is 8.93. The summed E-state index contributed by atoms with van der Waals surface area (Å²) in [7, 11) is 0. The zero-order valence-corrected chi connectivity index (χ0v) is 14.0. The molecule has 0 spiro atoms. The van der Waals surface area contributed by atoms with E-state index in [4.69, 9.17) is 20.4 Å². The maximum absolute atomic E-state index is 12.1. The molecule has 0 heterocycles. The Kier molecular flexibility index (Phi) is 8.17. The average Bonchev–Trinajstić information content (AvgIpc) is 2.42. The van der Waals surface area contributed by atoms with Gasteiger partial charge < -0.3 is 35.7 Å². The second-order valence-corrected chi connectivity index (χ2v) is 6.09. The van der Waals surface area contributed by atoms with Gasteiger partial charge in [-0.25, -0.2) is 0 Å². The van der Waals surface area contributed by atoms with E-state index in [0.717, 1.165) is 0 Å². The smallest absolute Gasteiger partial charge is 0.310 e. The normalized spacial score (nSPS) is 18.0. The van der Waals surface area contributed by atoms with Gasteiger partial charge in [0.15, 0.2) is 11.4 Å². The van der Waals surface area contributed by atoms with Gasteiger partial charge in [0.05, 0.1) is 30.6 Å². The molecule has 0 amide bonds. The summed E-state index contributed by atoms with van der Waals surface area (Å²) in [5.41, 5.74) is -6.79. The fourth-order valence-electron chi connectivity index (χ4n) is 2.33. The minimum atomic E-state index is -3.48. The van der Waals surface area contributed by atoms with Crippen molar-refractivity contribution in [1.82, 2.24) is 0 Å². The van der Waals surface area contributed by atoms with Crippen LogP contribution >= 0.6 is 12.6 Å². The number of carboxylic acids is 4. The first-order chi connectivity index (χ1) is 11.7. The molecule has 0 aliphatic carbocycles. The Balaban J connectivity index is 6.31. The van der Waals surface area contributed by atoms with Crippen LogP contribution in [0.15, 0.2) is 0 Å². The first-order valence-corrected chi connectivity index (χ1v) is 7.40. The Bertz CT molecular complexity index is 604. The van der Waals surface area contributed by atoms with E-state index >= 15 is 0 Å². The molecule has 0 fully saturated rings. The maximum Gasteiger partial charge on any atom is 0.310 e. The number of ketones is 1. The number of carbonyl (C=O) groups excluding carboxylic acids is 1. The van der Waals surface area contributed by atoms with Crippen LogP contribution in [0.4, 0.5) is 0 Å². The molecule has 0 aromatic heterocycles. The van der Waals surface area contributed by atoms with Crippen molar-refractivity contribution in [2.24, 2.45) is 0 Å². The standard InChI is InChI=1S/C13H18O12S/c14-5(1-7(16)17)11(26)13(25,4-10(22)23)12(24,3-9(20)21)6(15)2-8(18)19/h5,11,14,24-26H,1-4H2,(H,16,17)(H,18,19)(H,20,21)(H,22,23)/t5?,11-,12+,13-/m1/s1. The molecule has 0 bridgehead atoms. The van der Waals surface area contributed by atoms with Gasteiger partial charge in [-0.05, 0) is 0 Å². The van der Waals surface area contributed by atoms with Crippen molar-refractivity contribution < 1.29 is 59.7 Å². The number of carbonyl (C=O) groups is 5. The van der Waals surface area contributed by atoms with Gasteiger partial charge in [-0.2, -0.15) is 12.6 Å². The SMILES string of the molecule is O=C(O)CC(=O)[C@@](O)(CC(=O)O)[C@@](O)(CC(=O)O)[C@H](S)C(O)CC(=O)O. The fraction of sp³-hybridized carbons (Fsp3) is 0.615. The van der Waals surface area contributed by atoms with E-state index in [1.54, 1.807) is 0 Å². The summed E-state index contributed by atoms with van der Waals surface area (Å²) in [6.45, 7) is 0. The number of aliphatic hydroxyl groups is 3. The molecule has 13 heteroatoms. The Hall–Kier alpha value is -2.22. The molecule has 7 N–H and O–H groups in total. The molecule has 148 valence electrons. The van der Waals surface area contributed by atoms with Crippen molar-refractivity contribution in [2.75, 3.05) is 0 Å². The van der Waals surface area contributed by atoms with Gasteiger partial charge in [-0.3, -0.25) is 24.0 Å². The van der Waals surface area contributed by atoms with Gasteiger partial charge in [-0.15, -0.1) is 0 Å². The molecular weight excluding hydrogens is 380 g/mol.